The number of halogens is 1. The second kappa shape index (κ2) is 5.25. The average molecular weight is 237 g/mol. The van der Waals surface area contributed by atoms with E-state index in [4.69, 9.17) is 10.4 Å². The van der Waals surface area contributed by atoms with E-state index in [1.807, 2.05) is 6.07 Å². The van der Waals surface area contributed by atoms with E-state index in [1.54, 1.807) is 14.0 Å². The van der Waals surface area contributed by atoms with E-state index < -0.39 is 17.3 Å². The SMILES string of the molecule is CC(CC#N)N(C)c1nccc(C(=O)O)c1F. The smallest absolute Gasteiger partial charge is 0.338 e. The maximum Gasteiger partial charge on any atom is 0.338 e. The quantitative estimate of drug-likeness (QED) is 0.861. The molecule has 1 heterocycles. The Hall–Kier alpha value is -2.16. The molecule has 1 rings (SSSR count). The van der Waals surface area contributed by atoms with Gasteiger partial charge in [-0.3, -0.25) is 0 Å². The Balaban J connectivity index is 3.11. The van der Waals surface area contributed by atoms with Gasteiger partial charge in [-0.2, -0.15) is 5.26 Å². The third-order valence-electron chi connectivity index (χ3n) is 2.48. The highest BCUT2D eigenvalue weighted by Crippen LogP contribution is 2.20. The Morgan fingerprint density at radius 2 is 2.41 bits per heavy atom. The number of hydrogen-bond donors (Lipinski definition) is 1. The minimum absolute atomic E-state index is 0.0624. The van der Waals surface area contributed by atoms with Crippen molar-refractivity contribution in [1.29, 1.82) is 5.26 Å². The number of anilines is 1. The van der Waals surface area contributed by atoms with Crippen LogP contribution < -0.4 is 4.90 Å². The van der Waals surface area contributed by atoms with Crippen LogP contribution in [0.25, 0.3) is 0 Å². The van der Waals surface area contributed by atoms with Gasteiger partial charge < -0.3 is 10.0 Å². The predicted molar refractivity (Wildman–Crippen MR) is 59.2 cm³/mol. The molecule has 0 radical (unpaired) electrons. The van der Waals surface area contributed by atoms with Crippen LogP contribution in [0, 0.1) is 17.1 Å². The number of rotatable bonds is 4. The van der Waals surface area contributed by atoms with E-state index in [0.717, 1.165) is 6.07 Å². The summed E-state index contributed by atoms with van der Waals surface area (Å²) in [6.07, 6.45) is 1.44. The molecular formula is C11H12FN3O2. The van der Waals surface area contributed by atoms with Crippen LogP contribution in [-0.4, -0.2) is 29.1 Å². The zero-order valence-electron chi connectivity index (χ0n) is 9.51. The molecule has 0 bridgehead atoms. The summed E-state index contributed by atoms with van der Waals surface area (Å²) in [5, 5.41) is 17.3. The van der Waals surface area contributed by atoms with Crippen LogP contribution in [-0.2, 0) is 0 Å². The molecule has 0 fully saturated rings. The molecule has 0 saturated heterocycles. The molecule has 0 spiro atoms. The number of hydrogen-bond acceptors (Lipinski definition) is 4. The van der Waals surface area contributed by atoms with Crippen LogP contribution >= 0.6 is 0 Å². The number of nitriles is 1. The zero-order chi connectivity index (χ0) is 13.0. The minimum atomic E-state index is -1.34. The van der Waals surface area contributed by atoms with Gasteiger partial charge in [-0.25, -0.2) is 14.2 Å². The van der Waals surface area contributed by atoms with Gasteiger partial charge in [-0.1, -0.05) is 0 Å². The highest BCUT2D eigenvalue weighted by molar-refractivity contribution is 5.88. The Morgan fingerprint density at radius 3 is 2.94 bits per heavy atom. The van der Waals surface area contributed by atoms with Gasteiger partial charge in [-0.05, 0) is 13.0 Å². The van der Waals surface area contributed by atoms with Crippen LogP contribution in [0.5, 0.6) is 0 Å². The first kappa shape index (κ1) is 12.9. The molecular weight excluding hydrogens is 225 g/mol. The van der Waals surface area contributed by atoms with Crippen molar-refractivity contribution in [2.45, 2.75) is 19.4 Å². The molecule has 0 amide bonds. The number of carboxylic acid groups (broad SMARTS) is 1. The van der Waals surface area contributed by atoms with Gasteiger partial charge in [0.15, 0.2) is 11.6 Å². The normalized spacial score (nSPS) is 11.6. The van der Waals surface area contributed by atoms with Gasteiger partial charge in [0.25, 0.3) is 0 Å². The average Bonchev–Trinajstić information content (AvgIpc) is 2.28. The molecule has 0 saturated carbocycles. The van der Waals surface area contributed by atoms with Gasteiger partial charge in [-0.15, -0.1) is 0 Å². The number of pyridine rings is 1. The van der Waals surface area contributed by atoms with Crippen LogP contribution in [0.2, 0.25) is 0 Å². The van der Waals surface area contributed by atoms with E-state index in [2.05, 4.69) is 4.98 Å². The summed E-state index contributed by atoms with van der Waals surface area (Å²) >= 11 is 0. The third-order valence-corrected chi connectivity index (χ3v) is 2.48. The first-order chi connectivity index (χ1) is 7.99. The fraction of sp³-hybridized carbons (Fsp3) is 0.364. The van der Waals surface area contributed by atoms with Crippen molar-refractivity contribution in [2.24, 2.45) is 0 Å². The largest absolute Gasteiger partial charge is 0.478 e. The van der Waals surface area contributed by atoms with Crippen molar-refractivity contribution in [3.8, 4) is 6.07 Å². The summed E-state index contributed by atoms with van der Waals surface area (Å²) in [6.45, 7) is 1.73. The summed E-state index contributed by atoms with van der Waals surface area (Å²) in [7, 11) is 1.57. The van der Waals surface area contributed by atoms with Gasteiger partial charge in [0.1, 0.15) is 5.56 Å². The lowest BCUT2D eigenvalue weighted by molar-refractivity contribution is 0.0691. The number of nitrogens with zero attached hydrogens (tertiary/aromatic N) is 3. The second-order valence-electron chi connectivity index (χ2n) is 3.62. The lowest BCUT2D eigenvalue weighted by Gasteiger charge is -2.24. The van der Waals surface area contributed by atoms with Crippen molar-refractivity contribution in [3.63, 3.8) is 0 Å². The van der Waals surface area contributed by atoms with E-state index in [0.29, 0.717) is 0 Å². The maximum atomic E-state index is 13.8. The van der Waals surface area contributed by atoms with E-state index in [9.17, 15) is 9.18 Å². The first-order valence-electron chi connectivity index (χ1n) is 4.96. The van der Waals surface area contributed by atoms with Gasteiger partial charge in [0.05, 0.1) is 12.5 Å². The van der Waals surface area contributed by atoms with Gasteiger partial charge >= 0.3 is 5.97 Å². The molecule has 1 unspecified atom stereocenters. The fourth-order valence-corrected chi connectivity index (χ4v) is 1.32. The molecule has 1 aromatic heterocycles. The van der Waals surface area contributed by atoms with Crippen LogP contribution in [0.3, 0.4) is 0 Å². The fourth-order valence-electron chi connectivity index (χ4n) is 1.32. The summed E-state index contributed by atoms with van der Waals surface area (Å²) in [5.74, 6) is -2.28. The van der Waals surface area contributed by atoms with Crippen LogP contribution in [0.1, 0.15) is 23.7 Å². The van der Waals surface area contributed by atoms with Crippen LogP contribution in [0.4, 0.5) is 10.2 Å². The predicted octanol–water partition coefficient (Wildman–Crippen LogP) is 1.66. The van der Waals surface area contributed by atoms with Gasteiger partial charge in [0, 0.05) is 19.3 Å². The van der Waals surface area contributed by atoms with Crippen molar-refractivity contribution in [2.75, 3.05) is 11.9 Å². The van der Waals surface area contributed by atoms with Gasteiger partial charge in [0.2, 0.25) is 0 Å². The molecule has 5 nitrogen and oxygen atoms in total. The highest BCUT2D eigenvalue weighted by atomic mass is 19.1. The summed E-state index contributed by atoms with van der Waals surface area (Å²) < 4.78 is 13.8. The Kier molecular flexibility index (Phi) is 3.99. The summed E-state index contributed by atoms with van der Waals surface area (Å²) in [5.41, 5.74) is -0.425. The first-order valence-corrected chi connectivity index (χ1v) is 4.96. The summed E-state index contributed by atoms with van der Waals surface area (Å²) in [6, 6.07) is 2.82. The molecule has 0 aliphatic rings. The van der Waals surface area contributed by atoms with E-state index in [1.165, 1.54) is 11.1 Å². The summed E-state index contributed by atoms with van der Waals surface area (Å²) in [4.78, 5) is 16.0. The number of carboxylic acids is 1. The molecule has 0 aliphatic carbocycles. The molecule has 0 aliphatic heterocycles. The van der Waals surface area contributed by atoms with E-state index in [-0.39, 0.29) is 18.3 Å². The van der Waals surface area contributed by atoms with Crippen LogP contribution in [0.15, 0.2) is 12.3 Å². The minimum Gasteiger partial charge on any atom is -0.478 e. The Bertz CT molecular complexity index is 470. The standard InChI is InChI=1S/C11H12FN3O2/c1-7(3-5-13)15(2)10-9(12)8(11(16)17)4-6-14-10/h4,6-7H,3H2,1-2H3,(H,16,17). The molecule has 1 aromatic rings. The molecule has 1 N–H and O–H groups in total. The van der Waals surface area contributed by atoms with Crippen molar-refractivity contribution in [1.82, 2.24) is 4.98 Å². The number of carbonyl (C=O) groups is 1. The van der Waals surface area contributed by atoms with Crippen molar-refractivity contribution in [3.05, 3.63) is 23.6 Å². The van der Waals surface area contributed by atoms with Crippen molar-refractivity contribution < 1.29 is 14.3 Å². The Labute approximate surface area is 98.1 Å². The lowest BCUT2D eigenvalue weighted by atomic mass is 10.2. The Morgan fingerprint density at radius 1 is 1.76 bits per heavy atom. The molecule has 1 atom stereocenters. The maximum absolute atomic E-state index is 13.8. The molecule has 17 heavy (non-hydrogen) atoms. The lowest BCUT2D eigenvalue weighted by Crippen LogP contribution is -2.30. The topological polar surface area (TPSA) is 77.2 Å². The molecule has 6 heteroatoms. The molecule has 0 aromatic carbocycles. The molecule has 90 valence electrons. The monoisotopic (exact) mass is 237 g/mol. The third kappa shape index (κ3) is 2.69. The number of aromatic nitrogens is 1. The highest BCUT2D eigenvalue weighted by Gasteiger charge is 2.20. The number of aromatic carboxylic acids is 1. The van der Waals surface area contributed by atoms with Crippen molar-refractivity contribution >= 4 is 11.8 Å². The second-order valence-corrected chi connectivity index (χ2v) is 3.62. The van der Waals surface area contributed by atoms with E-state index >= 15 is 0 Å². The zero-order valence-corrected chi connectivity index (χ0v) is 9.51.